The molecule has 0 aromatic carbocycles. The van der Waals surface area contributed by atoms with Gasteiger partial charge in [-0.3, -0.25) is 4.79 Å². The number of carboxylic acids is 1. The number of ether oxygens (including phenoxy) is 1. The third-order valence-electron chi connectivity index (χ3n) is 2.06. The van der Waals surface area contributed by atoms with Crippen molar-refractivity contribution in [1.29, 1.82) is 0 Å². The molecule has 0 heterocycles. The average molecular weight is 198 g/mol. The van der Waals surface area contributed by atoms with Crippen molar-refractivity contribution >= 4 is 5.97 Å². The lowest BCUT2D eigenvalue weighted by molar-refractivity contribution is -0.147. The summed E-state index contributed by atoms with van der Waals surface area (Å²) in [5, 5.41) is 8.81. The van der Waals surface area contributed by atoms with Gasteiger partial charge in [0.05, 0.1) is 12.0 Å². The molecule has 80 valence electrons. The van der Waals surface area contributed by atoms with Crippen LogP contribution in [0.4, 0.5) is 0 Å². The molecule has 0 aliphatic rings. The van der Waals surface area contributed by atoms with Gasteiger partial charge in [0.15, 0.2) is 0 Å². The quantitative estimate of drug-likeness (QED) is 0.502. The highest BCUT2D eigenvalue weighted by atomic mass is 16.5. The predicted molar refractivity (Wildman–Crippen MR) is 54.9 cm³/mol. The van der Waals surface area contributed by atoms with Crippen LogP contribution in [0.5, 0.6) is 0 Å². The van der Waals surface area contributed by atoms with Crippen molar-refractivity contribution < 1.29 is 14.6 Å². The van der Waals surface area contributed by atoms with Crippen LogP contribution < -0.4 is 0 Å². The lowest BCUT2D eigenvalue weighted by Gasteiger charge is -2.18. The largest absolute Gasteiger partial charge is 0.481 e. The van der Waals surface area contributed by atoms with Crippen molar-refractivity contribution in [1.82, 2.24) is 0 Å². The lowest BCUT2D eigenvalue weighted by Crippen LogP contribution is -2.23. The molecule has 0 fully saturated rings. The molecule has 0 atom stereocenters. The molecule has 0 radical (unpaired) electrons. The summed E-state index contributed by atoms with van der Waals surface area (Å²) < 4.78 is 5.21. The minimum absolute atomic E-state index is 0.560. The lowest BCUT2D eigenvalue weighted by atomic mass is 9.88. The standard InChI is InChI=1S/C11H18O3/c1-4-5-8-14-9-6-7-11(2,3)10(12)13/h1H,5-9H2,2-3H3,(H,12,13). The SMILES string of the molecule is C#CCCOCCCC(C)(C)C(=O)O. The van der Waals surface area contributed by atoms with E-state index in [4.69, 9.17) is 16.3 Å². The molecule has 3 nitrogen and oxygen atoms in total. The molecule has 14 heavy (non-hydrogen) atoms. The maximum atomic E-state index is 10.7. The maximum Gasteiger partial charge on any atom is 0.309 e. The third-order valence-corrected chi connectivity index (χ3v) is 2.06. The van der Waals surface area contributed by atoms with E-state index in [1.165, 1.54) is 0 Å². The monoisotopic (exact) mass is 198 g/mol. The summed E-state index contributed by atoms with van der Waals surface area (Å²) in [4.78, 5) is 10.7. The van der Waals surface area contributed by atoms with Crippen molar-refractivity contribution in [2.45, 2.75) is 33.1 Å². The molecular weight excluding hydrogens is 180 g/mol. The fraction of sp³-hybridized carbons (Fsp3) is 0.727. The minimum Gasteiger partial charge on any atom is -0.481 e. The third kappa shape index (κ3) is 5.60. The molecule has 0 saturated heterocycles. The topological polar surface area (TPSA) is 46.5 Å². The van der Waals surface area contributed by atoms with Gasteiger partial charge in [-0.25, -0.2) is 0 Å². The van der Waals surface area contributed by atoms with Crippen molar-refractivity contribution in [3.05, 3.63) is 0 Å². The van der Waals surface area contributed by atoms with E-state index < -0.39 is 11.4 Å². The van der Waals surface area contributed by atoms with Crippen LogP contribution in [0.2, 0.25) is 0 Å². The van der Waals surface area contributed by atoms with E-state index in [-0.39, 0.29) is 0 Å². The zero-order chi connectivity index (χ0) is 11.0. The maximum absolute atomic E-state index is 10.7. The van der Waals surface area contributed by atoms with Gasteiger partial charge in [-0.2, -0.15) is 0 Å². The summed E-state index contributed by atoms with van der Waals surface area (Å²) >= 11 is 0. The van der Waals surface area contributed by atoms with Crippen LogP contribution in [0.3, 0.4) is 0 Å². The van der Waals surface area contributed by atoms with Gasteiger partial charge in [-0.1, -0.05) is 0 Å². The molecule has 0 bridgehead atoms. The Kier molecular flexibility index (Phi) is 5.98. The molecule has 3 heteroatoms. The van der Waals surface area contributed by atoms with Gasteiger partial charge in [0, 0.05) is 13.0 Å². The van der Waals surface area contributed by atoms with Crippen LogP contribution in [0.25, 0.3) is 0 Å². The molecule has 0 aromatic rings. The first-order chi connectivity index (χ1) is 6.50. The second-order valence-electron chi connectivity index (χ2n) is 3.86. The Balaban J connectivity index is 3.46. The second-order valence-corrected chi connectivity index (χ2v) is 3.86. The second kappa shape index (κ2) is 6.44. The average Bonchev–Trinajstić information content (AvgIpc) is 2.10. The molecule has 0 aromatic heterocycles. The molecular formula is C11H18O3. The molecule has 0 amide bonds. The van der Waals surface area contributed by atoms with Gasteiger partial charge < -0.3 is 9.84 Å². The first-order valence-electron chi connectivity index (χ1n) is 4.75. The normalized spacial score (nSPS) is 10.9. The van der Waals surface area contributed by atoms with Crippen LogP contribution in [-0.4, -0.2) is 24.3 Å². The summed E-state index contributed by atoms with van der Waals surface area (Å²) in [7, 11) is 0. The zero-order valence-electron chi connectivity index (χ0n) is 8.88. The van der Waals surface area contributed by atoms with Gasteiger partial charge in [0.1, 0.15) is 0 Å². The summed E-state index contributed by atoms with van der Waals surface area (Å²) in [5.41, 5.74) is -0.657. The van der Waals surface area contributed by atoms with E-state index in [0.717, 1.165) is 6.42 Å². The van der Waals surface area contributed by atoms with Gasteiger partial charge in [0.25, 0.3) is 0 Å². The Bertz CT molecular complexity index is 213. The molecule has 0 aliphatic heterocycles. The smallest absolute Gasteiger partial charge is 0.309 e. The van der Waals surface area contributed by atoms with E-state index in [2.05, 4.69) is 5.92 Å². The Morgan fingerprint density at radius 1 is 1.50 bits per heavy atom. The Hall–Kier alpha value is -1.01. The van der Waals surface area contributed by atoms with Crippen LogP contribution in [-0.2, 0) is 9.53 Å². The highest BCUT2D eigenvalue weighted by Gasteiger charge is 2.25. The molecule has 0 unspecified atom stereocenters. The summed E-state index contributed by atoms with van der Waals surface area (Å²) in [6.07, 6.45) is 7.04. The number of carbonyl (C=O) groups is 1. The number of hydrogen-bond donors (Lipinski definition) is 1. The van der Waals surface area contributed by atoms with Crippen molar-refractivity contribution in [3.63, 3.8) is 0 Å². The van der Waals surface area contributed by atoms with Crippen LogP contribution in [0.1, 0.15) is 33.1 Å². The van der Waals surface area contributed by atoms with Crippen LogP contribution in [0, 0.1) is 17.8 Å². The Morgan fingerprint density at radius 3 is 2.64 bits per heavy atom. The number of aliphatic carboxylic acids is 1. The minimum atomic E-state index is -0.763. The van der Waals surface area contributed by atoms with E-state index in [0.29, 0.717) is 26.1 Å². The van der Waals surface area contributed by atoms with Gasteiger partial charge in [0.2, 0.25) is 0 Å². The van der Waals surface area contributed by atoms with Crippen LogP contribution in [0.15, 0.2) is 0 Å². The fourth-order valence-corrected chi connectivity index (χ4v) is 0.956. The summed E-state index contributed by atoms with van der Waals surface area (Å²) in [6.45, 7) is 4.58. The molecule has 0 spiro atoms. The van der Waals surface area contributed by atoms with Gasteiger partial charge in [-0.15, -0.1) is 12.3 Å². The Morgan fingerprint density at radius 2 is 2.14 bits per heavy atom. The van der Waals surface area contributed by atoms with E-state index >= 15 is 0 Å². The number of terminal acetylenes is 1. The van der Waals surface area contributed by atoms with E-state index in [1.807, 2.05) is 0 Å². The van der Waals surface area contributed by atoms with Gasteiger partial charge in [-0.05, 0) is 26.7 Å². The van der Waals surface area contributed by atoms with Crippen molar-refractivity contribution in [3.8, 4) is 12.3 Å². The van der Waals surface area contributed by atoms with E-state index in [9.17, 15) is 4.79 Å². The highest BCUT2D eigenvalue weighted by Crippen LogP contribution is 2.22. The first kappa shape index (κ1) is 13.0. The van der Waals surface area contributed by atoms with Crippen molar-refractivity contribution in [2.24, 2.45) is 5.41 Å². The molecule has 0 aliphatic carbocycles. The summed E-state index contributed by atoms with van der Waals surface area (Å²) in [5.74, 6) is 1.71. The number of carboxylic acid groups (broad SMARTS) is 1. The molecule has 0 rings (SSSR count). The molecule has 1 N–H and O–H groups in total. The number of rotatable bonds is 7. The predicted octanol–water partition coefficient (Wildman–Crippen LogP) is 1.92. The van der Waals surface area contributed by atoms with Gasteiger partial charge >= 0.3 is 5.97 Å². The Labute approximate surface area is 85.5 Å². The van der Waals surface area contributed by atoms with Crippen LogP contribution >= 0.6 is 0 Å². The number of hydrogen-bond acceptors (Lipinski definition) is 2. The highest BCUT2D eigenvalue weighted by molar-refractivity contribution is 5.73. The molecule has 0 saturated carbocycles. The van der Waals surface area contributed by atoms with E-state index in [1.54, 1.807) is 13.8 Å². The summed E-state index contributed by atoms with van der Waals surface area (Å²) in [6, 6.07) is 0. The fourth-order valence-electron chi connectivity index (χ4n) is 0.956. The van der Waals surface area contributed by atoms with Crippen molar-refractivity contribution in [2.75, 3.05) is 13.2 Å². The first-order valence-corrected chi connectivity index (χ1v) is 4.75. The zero-order valence-corrected chi connectivity index (χ0v) is 8.88.